The molecular formula is C22H24N2O3. The molecule has 2 heterocycles. The number of hydrogen-bond acceptors (Lipinski definition) is 3. The van der Waals surface area contributed by atoms with Crippen molar-refractivity contribution in [1.29, 1.82) is 0 Å². The fourth-order valence-corrected chi connectivity index (χ4v) is 3.43. The van der Waals surface area contributed by atoms with E-state index in [4.69, 9.17) is 0 Å². The molecule has 140 valence electrons. The fourth-order valence-electron chi connectivity index (χ4n) is 3.43. The Bertz CT molecular complexity index is 988. The van der Waals surface area contributed by atoms with E-state index in [1.807, 2.05) is 32.0 Å². The Morgan fingerprint density at radius 2 is 1.96 bits per heavy atom. The van der Waals surface area contributed by atoms with Crippen molar-refractivity contribution in [2.45, 2.75) is 40.2 Å². The fraction of sp³-hybridized carbons (Fsp3) is 0.318. The van der Waals surface area contributed by atoms with Crippen LogP contribution in [0, 0.1) is 5.92 Å². The zero-order chi connectivity index (χ0) is 19.6. The van der Waals surface area contributed by atoms with Crippen LogP contribution in [-0.4, -0.2) is 26.4 Å². The Kier molecular flexibility index (Phi) is 5.40. The quantitative estimate of drug-likeness (QED) is 0.623. The first-order chi connectivity index (χ1) is 12.9. The van der Waals surface area contributed by atoms with Gasteiger partial charge in [-0.3, -0.25) is 9.78 Å². The molecule has 0 saturated carbocycles. The number of carbonyl (C=O) groups is 2. The normalized spacial score (nSPS) is 11.3. The maximum absolute atomic E-state index is 13.0. The Morgan fingerprint density at radius 1 is 1.19 bits per heavy atom. The van der Waals surface area contributed by atoms with Crippen molar-refractivity contribution in [2.75, 3.05) is 0 Å². The van der Waals surface area contributed by atoms with Gasteiger partial charge in [0, 0.05) is 28.8 Å². The molecule has 0 radical (unpaired) electrons. The van der Waals surface area contributed by atoms with Crippen molar-refractivity contribution in [1.82, 2.24) is 9.55 Å². The van der Waals surface area contributed by atoms with Crippen molar-refractivity contribution in [3.05, 3.63) is 65.1 Å². The number of Topliss-reactive ketones (excluding diaryl/α,β-unsaturated/α-hetero) is 1. The number of nitrogens with zero attached hydrogens (tertiary/aromatic N) is 2. The van der Waals surface area contributed by atoms with Crippen molar-refractivity contribution in [3.8, 4) is 0 Å². The molecule has 3 rings (SSSR count). The number of pyridine rings is 1. The number of rotatable bonds is 7. The van der Waals surface area contributed by atoms with Crippen molar-refractivity contribution in [2.24, 2.45) is 5.92 Å². The number of carboxylic acid groups (broad SMARTS) is 1. The van der Waals surface area contributed by atoms with Gasteiger partial charge in [0.25, 0.3) is 0 Å². The van der Waals surface area contributed by atoms with Crippen LogP contribution >= 0.6 is 0 Å². The maximum atomic E-state index is 13.0. The van der Waals surface area contributed by atoms with Gasteiger partial charge in [0.2, 0.25) is 0 Å². The second kappa shape index (κ2) is 7.74. The SMILES string of the molecule is CCCc1c(C(=O)C(C)C)c2ccc(C(=O)O)cc2n1Cc1ccccn1. The van der Waals surface area contributed by atoms with Crippen LogP contribution in [-0.2, 0) is 13.0 Å². The van der Waals surface area contributed by atoms with Crippen molar-refractivity contribution >= 4 is 22.7 Å². The van der Waals surface area contributed by atoms with E-state index < -0.39 is 5.97 Å². The maximum Gasteiger partial charge on any atom is 0.335 e. The highest BCUT2D eigenvalue weighted by Gasteiger charge is 2.24. The van der Waals surface area contributed by atoms with Crippen LogP contribution in [0.15, 0.2) is 42.6 Å². The van der Waals surface area contributed by atoms with Gasteiger partial charge < -0.3 is 9.67 Å². The lowest BCUT2D eigenvalue weighted by atomic mass is 9.96. The predicted molar refractivity (Wildman–Crippen MR) is 105 cm³/mol. The molecule has 2 aromatic heterocycles. The molecule has 0 spiro atoms. The Morgan fingerprint density at radius 3 is 2.56 bits per heavy atom. The summed E-state index contributed by atoms with van der Waals surface area (Å²) in [5.74, 6) is -1.02. The molecule has 0 atom stereocenters. The Hall–Kier alpha value is -2.95. The van der Waals surface area contributed by atoms with Crippen molar-refractivity contribution in [3.63, 3.8) is 0 Å². The van der Waals surface area contributed by atoms with Gasteiger partial charge in [-0.15, -0.1) is 0 Å². The molecule has 0 unspecified atom stereocenters. The molecular weight excluding hydrogens is 340 g/mol. The van der Waals surface area contributed by atoms with Gasteiger partial charge in [-0.1, -0.05) is 39.3 Å². The summed E-state index contributed by atoms with van der Waals surface area (Å²) in [6, 6.07) is 10.7. The zero-order valence-corrected chi connectivity index (χ0v) is 15.9. The summed E-state index contributed by atoms with van der Waals surface area (Å²) < 4.78 is 2.06. The summed E-state index contributed by atoms with van der Waals surface area (Å²) in [7, 11) is 0. The van der Waals surface area contributed by atoms with Crippen LogP contribution in [0.2, 0.25) is 0 Å². The van der Waals surface area contributed by atoms with Crippen LogP contribution in [0.5, 0.6) is 0 Å². The van der Waals surface area contributed by atoms with Crippen molar-refractivity contribution < 1.29 is 14.7 Å². The number of ketones is 1. The van der Waals surface area contributed by atoms with E-state index in [0.29, 0.717) is 6.54 Å². The lowest BCUT2D eigenvalue weighted by Gasteiger charge is -2.12. The third-order valence-corrected chi connectivity index (χ3v) is 4.72. The van der Waals surface area contributed by atoms with Crippen LogP contribution in [0.4, 0.5) is 0 Å². The highest BCUT2D eigenvalue weighted by atomic mass is 16.4. The highest BCUT2D eigenvalue weighted by molar-refractivity contribution is 6.11. The topological polar surface area (TPSA) is 72.2 Å². The van der Waals surface area contributed by atoms with Gasteiger partial charge in [-0.05, 0) is 30.7 Å². The second-order valence-electron chi connectivity index (χ2n) is 7.03. The molecule has 0 fully saturated rings. The Balaban J connectivity index is 2.31. The zero-order valence-electron chi connectivity index (χ0n) is 15.9. The molecule has 0 amide bonds. The van der Waals surface area contributed by atoms with E-state index in [9.17, 15) is 14.7 Å². The number of fused-ring (bicyclic) bond motifs is 1. The van der Waals surface area contributed by atoms with Crippen LogP contribution in [0.3, 0.4) is 0 Å². The number of carbonyl (C=O) groups excluding carboxylic acids is 1. The summed E-state index contributed by atoms with van der Waals surface area (Å²) in [5.41, 5.74) is 3.53. The molecule has 27 heavy (non-hydrogen) atoms. The lowest BCUT2D eigenvalue weighted by Crippen LogP contribution is -2.12. The number of hydrogen-bond donors (Lipinski definition) is 1. The first kappa shape index (κ1) is 18.8. The van der Waals surface area contributed by atoms with Crippen LogP contribution in [0.25, 0.3) is 10.9 Å². The van der Waals surface area contributed by atoms with E-state index in [1.54, 1.807) is 24.4 Å². The molecule has 0 aliphatic carbocycles. The van der Waals surface area contributed by atoms with Gasteiger partial charge in [0.05, 0.1) is 23.3 Å². The summed E-state index contributed by atoms with van der Waals surface area (Å²) >= 11 is 0. The summed E-state index contributed by atoms with van der Waals surface area (Å²) in [6.07, 6.45) is 3.38. The van der Waals surface area contributed by atoms with Gasteiger partial charge in [-0.2, -0.15) is 0 Å². The van der Waals surface area contributed by atoms with Crippen LogP contribution < -0.4 is 0 Å². The van der Waals surface area contributed by atoms with E-state index >= 15 is 0 Å². The summed E-state index contributed by atoms with van der Waals surface area (Å²) in [4.78, 5) is 28.9. The highest BCUT2D eigenvalue weighted by Crippen LogP contribution is 2.31. The molecule has 5 nitrogen and oxygen atoms in total. The number of benzene rings is 1. The minimum Gasteiger partial charge on any atom is -0.478 e. The lowest BCUT2D eigenvalue weighted by molar-refractivity contribution is 0.0696. The number of carboxylic acids is 1. The first-order valence-corrected chi connectivity index (χ1v) is 9.26. The smallest absolute Gasteiger partial charge is 0.335 e. The summed E-state index contributed by atoms with van der Waals surface area (Å²) in [6.45, 7) is 6.37. The number of aromatic carboxylic acids is 1. The first-order valence-electron chi connectivity index (χ1n) is 9.26. The Labute approximate surface area is 158 Å². The second-order valence-corrected chi connectivity index (χ2v) is 7.03. The molecule has 1 N–H and O–H groups in total. The van der Waals surface area contributed by atoms with E-state index in [-0.39, 0.29) is 17.3 Å². The van der Waals surface area contributed by atoms with Gasteiger partial charge in [0.1, 0.15) is 0 Å². The minimum atomic E-state index is -0.976. The molecule has 5 heteroatoms. The monoisotopic (exact) mass is 364 g/mol. The largest absolute Gasteiger partial charge is 0.478 e. The molecule has 0 saturated heterocycles. The molecule has 1 aromatic carbocycles. The van der Waals surface area contributed by atoms with E-state index in [2.05, 4.69) is 16.5 Å². The predicted octanol–water partition coefficient (Wildman–Crippen LogP) is 4.57. The molecule has 0 aliphatic rings. The molecule has 3 aromatic rings. The van der Waals surface area contributed by atoms with E-state index in [0.717, 1.165) is 40.7 Å². The summed E-state index contributed by atoms with van der Waals surface area (Å²) in [5, 5.41) is 10.2. The third kappa shape index (κ3) is 3.63. The number of aromatic nitrogens is 2. The van der Waals surface area contributed by atoms with Crippen LogP contribution in [0.1, 0.15) is 59.3 Å². The van der Waals surface area contributed by atoms with Gasteiger partial charge >= 0.3 is 5.97 Å². The third-order valence-electron chi connectivity index (χ3n) is 4.72. The standard InChI is InChI=1S/C22H24N2O3/c1-4-7-18-20(21(25)14(2)3)17-10-9-15(22(26)27)12-19(17)24(18)13-16-8-5-6-11-23-16/h5-6,8-12,14H,4,7,13H2,1-3H3,(H,26,27). The molecule has 0 aliphatic heterocycles. The average Bonchev–Trinajstić information content (AvgIpc) is 2.95. The van der Waals surface area contributed by atoms with E-state index in [1.165, 1.54) is 0 Å². The van der Waals surface area contributed by atoms with Gasteiger partial charge in [-0.25, -0.2) is 4.79 Å². The molecule has 0 bridgehead atoms. The average molecular weight is 364 g/mol. The van der Waals surface area contributed by atoms with Gasteiger partial charge in [0.15, 0.2) is 5.78 Å². The minimum absolute atomic E-state index is 0.0892.